The third kappa shape index (κ3) is 10.6. The molecule has 1 aliphatic heterocycles. The number of carbonyl (C=O) groups is 3. The zero-order valence-electron chi connectivity index (χ0n) is 27.6. The van der Waals surface area contributed by atoms with Gasteiger partial charge in [-0.2, -0.15) is 0 Å². The molecule has 2 rings (SSSR count). The second-order valence-electron chi connectivity index (χ2n) is 11.7. The average molecular weight is 646 g/mol. The van der Waals surface area contributed by atoms with Crippen molar-refractivity contribution in [1.82, 2.24) is 0 Å². The summed E-state index contributed by atoms with van der Waals surface area (Å²) in [6.45, 7) is 10.6. The number of hydrogen-bond donors (Lipinski definition) is 6. The highest BCUT2D eigenvalue weighted by Gasteiger charge is 2.29. The van der Waals surface area contributed by atoms with Crippen molar-refractivity contribution < 1.29 is 48.7 Å². The first-order valence-corrected chi connectivity index (χ1v) is 14.8. The van der Waals surface area contributed by atoms with Crippen LogP contribution in [0.4, 0.5) is 21.0 Å². The van der Waals surface area contributed by atoms with Crippen LogP contribution < -0.4 is 16.4 Å². The van der Waals surface area contributed by atoms with Crippen molar-refractivity contribution in [3.8, 4) is 11.5 Å². The highest BCUT2D eigenvalue weighted by Crippen LogP contribution is 2.42. The number of phenolic OH excluding ortho intramolecular Hbond substituents is 2. The third-order valence-corrected chi connectivity index (χ3v) is 7.27. The van der Waals surface area contributed by atoms with Crippen molar-refractivity contribution in [1.29, 1.82) is 0 Å². The molecule has 254 valence electrons. The smallest absolute Gasteiger partial charge is 0.411 e. The topological polar surface area (TPSA) is 199 Å². The van der Waals surface area contributed by atoms with Gasteiger partial charge in [0.25, 0.3) is 5.91 Å². The lowest BCUT2D eigenvalue weighted by atomic mass is 9.91. The number of ether oxygens (including phenoxy) is 4. The standard InChI is InChI=1S/C33H47N3O10/c1-17(2)16-45-33(42)36-27-22-12-18(3)13-26(44-8)28(38)20(5)14-21(6)30(46-32(34)41)25(43-7)11-9-10-19(4)31(40)35-23(29(22)39)15-24(27)37/h9-12,14-15,17,20,25-26,28,30,37-39H,13,16H2,1-8H3,(H2,34,41)(H,35,40)(H,36,42)/b11-9?,18-12+,19-10+,21-14+/t20-,25-,26-,28+,30-/m0/s1. The van der Waals surface area contributed by atoms with Crippen LogP contribution in [0, 0.1) is 11.8 Å². The van der Waals surface area contributed by atoms with Gasteiger partial charge in [-0.1, -0.05) is 50.6 Å². The molecular formula is C33H47N3O10. The van der Waals surface area contributed by atoms with Gasteiger partial charge in [0.1, 0.15) is 17.6 Å². The zero-order chi connectivity index (χ0) is 34.7. The summed E-state index contributed by atoms with van der Waals surface area (Å²) < 4.78 is 21.7. The molecule has 0 saturated heterocycles. The molecule has 0 aromatic heterocycles. The number of anilines is 2. The van der Waals surface area contributed by atoms with Crippen molar-refractivity contribution in [3.63, 3.8) is 0 Å². The summed E-state index contributed by atoms with van der Waals surface area (Å²) in [6, 6.07) is 1.11. The zero-order valence-corrected chi connectivity index (χ0v) is 27.6. The number of aliphatic hydroxyl groups excluding tert-OH is 1. The van der Waals surface area contributed by atoms with Gasteiger partial charge in [0, 0.05) is 37.3 Å². The Morgan fingerprint density at radius 2 is 1.83 bits per heavy atom. The number of nitrogens with one attached hydrogen (secondary N) is 2. The summed E-state index contributed by atoms with van der Waals surface area (Å²) >= 11 is 0. The van der Waals surface area contributed by atoms with Crippen LogP contribution in [0.15, 0.2) is 47.1 Å². The number of carbonyl (C=O) groups excluding carboxylic acids is 3. The van der Waals surface area contributed by atoms with Gasteiger partial charge in [0.05, 0.1) is 30.2 Å². The van der Waals surface area contributed by atoms with E-state index in [0.717, 1.165) is 6.07 Å². The second kappa shape index (κ2) is 17.4. The van der Waals surface area contributed by atoms with Crippen molar-refractivity contribution in [2.75, 3.05) is 31.5 Å². The monoisotopic (exact) mass is 645 g/mol. The molecule has 1 aliphatic rings. The largest absolute Gasteiger partial charge is 0.506 e. The minimum Gasteiger partial charge on any atom is -0.506 e. The first-order chi connectivity index (χ1) is 21.6. The Morgan fingerprint density at radius 3 is 2.41 bits per heavy atom. The van der Waals surface area contributed by atoms with Gasteiger partial charge in [-0.3, -0.25) is 10.1 Å². The van der Waals surface area contributed by atoms with Gasteiger partial charge >= 0.3 is 12.2 Å². The van der Waals surface area contributed by atoms with Gasteiger partial charge in [-0.25, -0.2) is 9.59 Å². The minimum atomic E-state index is -1.04. The predicted octanol–water partition coefficient (Wildman–Crippen LogP) is 4.99. The Hall–Kier alpha value is -4.33. The van der Waals surface area contributed by atoms with Gasteiger partial charge in [0.2, 0.25) is 0 Å². The Balaban J connectivity index is 2.73. The van der Waals surface area contributed by atoms with E-state index in [4.69, 9.17) is 24.7 Å². The lowest BCUT2D eigenvalue weighted by molar-refractivity contribution is -0.112. The second-order valence-corrected chi connectivity index (χ2v) is 11.7. The van der Waals surface area contributed by atoms with E-state index in [1.807, 2.05) is 13.8 Å². The SMILES string of the molecule is CO[C@H]1C=C/C=C(\C)C(=O)Nc2cc(O)c(NC(=O)OCC(C)C)c(c2O)/C=C(\C)C[C@H](OC)[C@H](O)[C@@H](C)/C=C(\C)[C@@H]1OC(N)=O. The van der Waals surface area contributed by atoms with E-state index in [1.54, 1.807) is 32.9 Å². The van der Waals surface area contributed by atoms with Crippen LogP contribution in [0.25, 0.3) is 6.08 Å². The highest BCUT2D eigenvalue weighted by molar-refractivity contribution is 6.06. The van der Waals surface area contributed by atoms with Crippen molar-refractivity contribution >= 4 is 35.5 Å². The fraction of sp³-hybridized carbons (Fsp3) is 0.485. The molecule has 2 bridgehead atoms. The fourth-order valence-electron chi connectivity index (χ4n) is 4.79. The Morgan fingerprint density at radius 1 is 1.15 bits per heavy atom. The fourth-order valence-corrected chi connectivity index (χ4v) is 4.79. The quantitative estimate of drug-likeness (QED) is 0.139. The molecule has 5 atom stereocenters. The number of amides is 3. The van der Waals surface area contributed by atoms with E-state index >= 15 is 0 Å². The van der Waals surface area contributed by atoms with Crippen LogP contribution in [-0.4, -0.2) is 78.7 Å². The van der Waals surface area contributed by atoms with Crippen LogP contribution in [0.3, 0.4) is 0 Å². The van der Waals surface area contributed by atoms with Gasteiger partial charge < -0.3 is 45.3 Å². The van der Waals surface area contributed by atoms with E-state index in [9.17, 15) is 29.7 Å². The maximum absolute atomic E-state index is 13.1. The molecule has 13 heteroatoms. The average Bonchev–Trinajstić information content (AvgIpc) is 2.99. The summed E-state index contributed by atoms with van der Waals surface area (Å²) in [7, 11) is 2.86. The van der Waals surface area contributed by atoms with Gasteiger partial charge in [-0.05, 0) is 44.8 Å². The number of nitrogens with two attached hydrogens (primary N) is 1. The molecular weight excluding hydrogens is 598 g/mol. The van der Waals surface area contributed by atoms with Gasteiger partial charge in [-0.15, -0.1) is 0 Å². The number of hydrogen-bond acceptors (Lipinski definition) is 10. The number of rotatable bonds is 6. The molecule has 3 amide bonds. The molecule has 1 heterocycles. The summed E-state index contributed by atoms with van der Waals surface area (Å²) in [5.41, 5.74) is 6.43. The number of benzene rings is 1. The molecule has 0 spiro atoms. The van der Waals surface area contributed by atoms with Crippen LogP contribution in [0.1, 0.15) is 53.5 Å². The molecule has 13 nitrogen and oxygen atoms in total. The number of aromatic hydroxyl groups is 2. The number of allylic oxidation sites excluding steroid dienone is 2. The third-order valence-electron chi connectivity index (χ3n) is 7.27. The van der Waals surface area contributed by atoms with Crippen molar-refractivity contribution in [3.05, 3.63) is 52.7 Å². The number of primary amides is 1. The van der Waals surface area contributed by atoms with E-state index in [0.29, 0.717) is 11.1 Å². The maximum atomic E-state index is 13.1. The van der Waals surface area contributed by atoms with Crippen LogP contribution >= 0.6 is 0 Å². The number of aliphatic hydroxyl groups is 1. The molecule has 1 aromatic rings. The first kappa shape index (κ1) is 37.9. The normalized spacial score (nSPS) is 26.5. The van der Waals surface area contributed by atoms with Crippen LogP contribution in [0.2, 0.25) is 0 Å². The Labute approximate surface area is 269 Å². The number of fused-ring (bicyclic) bond motifs is 2. The van der Waals surface area contributed by atoms with E-state index in [2.05, 4.69) is 10.6 Å². The number of phenols is 2. The van der Waals surface area contributed by atoms with E-state index in [-0.39, 0.29) is 41.5 Å². The summed E-state index contributed by atoms with van der Waals surface area (Å²) in [6.07, 6.45) is 2.57. The predicted molar refractivity (Wildman–Crippen MR) is 174 cm³/mol. The first-order valence-electron chi connectivity index (χ1n) is 14.8. The Bertz CT molecular complexity index is 1380. The molecule has 0 aliphatic carbocycles. The molecule has 0 fully saturated rings. The summed E-state index contributed by atoms with van der Waals surface area (Å²) in [4.78, 5) is 37.4. The van der Waals surface area contributed by atoms with Gasteiger partial charge in [0.15, 0.2) is 6.10 Å². The summed E-state index contributed by atoms with van der Waals surface area (Å²) in [5.74, 6) is -1.92. The molecule has 7 N–H and O–H groups in total. The maximum Gasteiger partial charge on any atom is 0.411 e. The molecule has 0 unspecified atom stereocenters. The van der Waals surface area contributed by atoms with Crippen molar-refractivity contribution in [2.45, 2.75) is 72.4 Å². The minimum absolute atomic E-state index is 0.00347. The summed E-state index contributed by atoms with van der Waals surface area (Å²) in [5, 5.41) is 38.6. The van der Waals surface area contributed by atoms with Crippen LogP contribution in [0.5, 0.6) is 11.5 Å². The molecule has 46 heavy (non-hydrogen) atoms. The lowest BCUT2D eigenvalue weighted by Gasteiger charge is -2.28. The van der Waals surface area contributed by atoms with E-state index < -0.39 is 59.9 Å². The molecule has 1 aromatic carbocycles. The highest BCUT2D eigenvalue weighted by atomic mass is 16.6. The molecule has 0 saturated carbocycles. The number of methoxy groups -OCH3 is 2. The van der Waals surface area contributed by atoms with E-state index in [1.165, 1.54) is 39.4 Å². The van der Waals surface area contributed by atoms with Crippen molar-refractivity contribution in [2.24, 2.45) is 17.6 Å². The van der Waals surface area contributed by atoms with Crippen LogP contribution in [-0.2, 0) is 23.7 Å². The Kier molecular flexibility index (Phi) is 14.3. The lowest BCUT2D eigenvalue weighted by Crippen LogP contribution is -2.36. The molecule has 0 radical (unpaired) electrons.